The molecule has 0 fully saturated rings. The quantitative estimate of drug-likeness (QED) is 0.779. The molecule has 0 atom stereocenters. The summed E-state index contributed by atoms with van der Waals surface area (Å²) in [6.45, 7) is 0.937. The second-order valence-corrected chi connectivity index (χ2v) is 3.35. The van der Waals surface area contributed by atoms with Crippen molar-refractivity contribution >= 4 is 0 Å². The van der Waals surface area contributed by atoms with Gasteiger partial charge in [0, 0.05) is 19.4 Å². The molecule has 82 valence electrons. The maximum atomic E-state index is 8.84. The van der Waals surface area contributed by atoms with Crippen LogP contribution in [-0.2, 0) is 17.9 Å². The van der Waals surface area contributed by atoms with Crippen LogP contribution < -0.4 is 0 Å². The molecule has 0 spiro atoms. The van der Waals surface area contributed by atoms with Gasteiger partial charge >= 0.3 is 0 Å². The summed E-state index contributed by atoms with van der Waals surface area (Å²) in [5.74, 6) is 0.683. The number of hydrogen-bond donors (Lipinski definition) is 0. The van der Waals surface area contributed by atoms with Crippen molar-refractivity contribution in [2.45, 2.75) is 13.2 Å². The van der Waals surface area contributed by atoms with Gasteiger partial charge in [-0.05, 0) is 12.1 Å². The molecule has 5 heteroatoms. The number of nitriles is 1. The van der Waals surface area contributed by atoms with Crippen LogP contribution in [0.5, 0.6) is 0 Å². The molecule has 5 nitrogen and oxygen atoms in total. The van der Waals surface area contributed by atoms with E-state index in [1.54, 1.807) is 13.2 Å². The van der Waals surface area contributed by atoms with Crippen molar-refractivity contribution in [1.29, 1.82) is 5.26 Å². The maximum Gasteiger partial charge on any atom is 0.162 e. The van der Waals surface area contributed by atoms with Crippen molar-refractivity contribution in [3.8, 4) is 6.07 Å². The zero-order chi connectivity index (χ0) is 11.4. The third-order valence-electron chi connectivity index (χ3n) is 2.17. The Morgan fingerprint density at radius 1 is 1.62 bits per heavy atom. The normalized spacial score (nSPS) is 10.2. The van der Waals surface area contributed by atoms with Crippen molar-refractivity contribution in [2.75, 3.05) is 7.11 Å². The van der Waals surface area contributed by atoms with Gasteiger partial charge in [-0.3, -0.25) is 0 Å². The van der Waals surface area contributed by atoms with E-state index in [-0.39, 0.29) is 0 Å². The third-order valence-corrected chi connectivity index (χ3v) is 2.17. The summed E-state index contributed by atoms with van der Waals surface area (Å²) in [6, 6.07) is 7.52. The van der Waals surface area contributed by atoms with Crippen LogP contribution in [0.1, 0.15) is 17.1 Å². The molecule has 0 aliphatic carbocycles. The fourth-order valence-electron chi connectivity index (χ4n) is 1.47. The average molecular weight is 217 g/mol. The first kappa shape index (κ1) is 10.5. The predicted molar refractivity (Wildman–Crippen MR) is 55.5 cm³/mol. The molecule has 0 bridgehead atoms. The number of aromatic nitrogens is 2. The molecule has 0 aliphatic heterocycles. The molecule has 0 aromatic carbocycles. The zero-order valence-electron chi connectivity index (χ0n) is 8.88. The smallest absolute Gasteiger partial charge is 0.162 e. The van der Waals surface area contributed by atoms with Crippen LogP contribution in [0, 0.1) is 11.3 Å². The number of ether oxygens (including phenoxy) is 1. The second-order valence-electron chi connectivity index (χ2n) is 3.35. The third kappa shape index (κ3) is 2.12. The number of methoxy groups -OCH3 is 1. The summed E-state index contributed by atoms with van der Waals surface area (Å²) in [6.07, 6.45) is 1.84. The molecule has 0 saturated carbocycles. The fourth-order valence-corrected chi connectivity index (χ4v) is 1.47. The first-order chi connectivity index (χ1) is 7.83. The molecule has 0 radical (unpaired) electrons. The van der Waals surface area contributed by atoms with Gasteiger partial charge in [0.1, 0.15) is 24.1 Å². The van der Waals surface area contributed by atoms with Gasteiger partial charge in [0.05, 0.1) is 6.54 Å². The lowest BCUT2D eigenvalue weighted by Gasteiger charge is -1.99. The van der Waals surface area contributed by atoms with E-state index < -0.39 is 0 Å². The Kier molecular flexibility index (Phi) is 3.03. The molecule has 0 saturated heterocycles. The van der Waals surface area contributed by atoms with Crippen molar-refractivity contribution in [2.24, 2.45) is 0 Å². The van der Waals surface area contributed by atoms with Gasteiger partial charge in [-0.25, -0.2) is 0 Å². The van der Waals surface area contributed by atoms with E-state index in [0.29, 0.717) is 24.6 Å². The molecule has 0 aliphatic rings. The van der Waals surface area contributed by atoms with Crippen molar-refractivity contribution in [3.63, 3.8) is 0 Å². The van der Waals surface area contributed by atoms with Crippen molar-refractivity contribution < 1.29 is 9.26 Å². The lowest BCUT2D eigenvalue weighted by Crippen LogP contribution is -2.00. The van der Waals surface area contributed by atoms with Crippen LogP contribution in [0.25, 0.3) is 0 Å². The van der Waals surface area contributed by atoms with Crippen molar-refractivity contribution in [3.05, 3.63) is 41.5 Å². The molecule has 2 rings (SSSR count). The molecule has 0 N–H and O–H groups in total. The zero-order valence-corrected chi connectivity index (χ0v) is 8.88. The number of hydrogen-bond acceptors (Lipinski definition) is 4. The maximum absolute atomic E-state index is 8.84. The fraction of sp³-hybridized carbons (Fsp3) is 0.273. The van der Waals surface area contributed by atoms with Gasteiger partial charge < -0.3 is 13.8 Å². The van der Waals surface area contributed by atoms with Crippen LogP contribution in [-0.4, -0.2) is 16.8 Å². The minimum absolute atomic E-state index is 0.407. The van der Waals surface area contributed by atoms with E-state index in [2.05, 4.69) is 11.2 Å². The van der Waals surface area contributed by atoms with Gasteiger partial charge in [0.2, 0.25) is 0 Å². The molecule has 2 heterocycles. The van der Waals surface area contributed by atoms with Gasteiger partial charge in [0.25, 0.3) is 0 Å². The van der Waals surface area contributed by atoms with E-state index in [9.17, 15) is 0 Å². The lowest BCUT2D eigenvalue weighted by molar-refractivity contribution is 0.155. The molecule has 2 aromatic heterocycles. The van der Waals surface area contributed by atoms with Gasteiger partial charge in [0.15, 0.2) is 5.76 Å². The number of rotatable bonds is 4. The Bertz CT molecular complexity index is 507. The first-order valence-electron chi connectivity index (χ1n) is 4.82. The largest absolute Gasteiger partial charge is 0.377 e. The molecular weight excluding hydrogens is 206 g/mol. The summed E-state index contributed by atoms with van der Waals surface area (Å²) < 4.78 is 11.8. The standard InChI is InChI=1S/C11H11N3O2/c1-15-8-11-5-9(13-16-11)7-14-4-2-3-10(14)6-12/h2-5H,7-8H2,1H3. The van der Waals surface area contributed by atoms with E-state index in [1.807, 2.05) is 22.9 Å². The van der Waals surface area contributed by atoms with E-state index in [4.69, 9.17) is 14.5 Å². The molecular formula is C11H11N3O2. The van der Waals surface area contributed by atoms with Gasteiger partial charge in [-0.15, -0.1) is 0 Å². The minimum Gasteiger partial charge on any atom is -0.377 e. The highest BCUT2D eigenvalue weighted by atomic mass is 16.5. The van der Waals surface area contributed by atoms with E-state index in [1.165, 1.54) is 0 Å². The van der Waals surface area contributed by atoms with Crippen LogP contribution in [0.15, 0.2) is 28.9 Å². The van der Waals surface area contributed by atoms with Gasteiger partial charge in [-0.1, -0.05) is 5.16 Å². The molecule has 16 heavy (non-hydrogen) atoms. The van der Waals surface area contributed by atoms with Crippen LogP contribution in [0.2, 0.25) is 0 Å². The highest BCUT2D eigenvalue weighted by molar-refractivity contribution is 5.23. The minimum atomic E-state index is 0.407. The molecule has 0 amide bonds. The topological polar surface area (TPSA) is 64.0 Å². The predicted octanol–water partition coefficient (Wildman–Crippen LogP) is 1.54. The van der Waals surface area contributed by atoms with Crippen LogP contribution in [0.4, 0.5) is 0 Å². The second kappa shape index (κ2) is 4.64. The van der Waals surface area contributed by atoms with Crippen LogP contribution >= 0.6 is 0 Å². The Hall–Kier alpha value is -2.06. The Labute approximate surface area is 92.8 Å². The Morgan fingerprint density at radius 2 is 2.50 bits per heavy atom. The summed E-state index contributed by atoms with van der Waals surface area (Å²) in [4.78, 5) is 0. The first-order valence-corrected chi connectivity index (χ1v) is 4.82. The van der Waals surface area contributed by atoms with Gasteiger partial charge in [-0.2, -0.15) is 5.26 Å². The average Bonchev–Trinajstić information content (AvgIpc) is 2.89. The lowest BCUT2D eigenvalue weighted by atomic mass is 10.3. The SMILES string of the molecule is COCc1cc(Cn2cccc2C#N)no1. The van der Waals surface area contributed by atoms with E-state index >= 15 is 0 Å². The molecule has 2 aromatic rings. The monoisotopic (exact) mass is 217 g/mol. The number of nitrogens with zero attached hydrogens (tertiary/aromatic N) is 3. The molecule has 0 unspecified atom stereocenters. The Balaban J connectivity index is 2.12. The summed E-state index contributed by atoms with van der Waals surface area (Å²) >= 11 is 0. The van der Waals surface area contributed by atoms with E-state index in [0.717, 1.165) is 5.69 Å². The highest BCUT2D eigenvalue weighted by Crippen LogP contribution is 2.09. The highest BCUT2D eigenvalue weighted by Gasteiger charge is 2.06. The summed E-state index contributed by atoms with van der Waals surface area (Å²) in [7, 11) is 1.60. The van der Waals surface area contributed by atoms with Crippen LogP contribution in [0.3, 0.4) is 0 Å². The summed E-state index contributed by atoms with van der Waals surface area (Å²) in [5.41, 5.74) is 1.39. The Morgan fingerprint density at radius 3 is 3.25 bits per heavy atom. The van der Waals surface area contributed by atoms with Crippen molar-refractivity contribution in [1.82, 2.24) is 9.72 Å². The summed E-state index contributed by atoms with van der Waals surface area (Å²) in [5, 5.41) is 12.7.